The van der Waals surface area contributed by atoms with Crippen LogP contribution in [0, 0.1) is 6.92 Å². The Morgan fingerprint density at radius 1 is 0.510 bits per heavy atom. The van der Waals surface area contributed by atoms with Gasteiger partial charge in [-0.3, -0.25) is 18.2 Å². The molecule has 4 N–H and O–H groups in total. The minimum Gasteiger partial charge on any atom is -0.497 e. The standard InChI is InChI=1S/C26H22O10S3.2CH4O3S/c1-17-3-12-22(15-25(17)38(29,30)31)37(27,28)23-13-14-24(26(16-23)39(32,33)34)36-21-10-6-19(7-11-21)18-4-8-20(35-2)9-5-18;2*1-5(2,3)4/h3-16H,1-2H3,(H,29,30,31)(H,32,33,34);2*1H3,(H,2,3,4). The quantitative estimate of drug-likeness (QED) is 0.185. The summed E-state index contributed by atoms with van der Waals surface area (Å²) >= 11 is 0. The van der Waals surface area contributed by atoms with Crippen molar-refractivity contribution in [3.63, 3.8) is 0 Å². The van der Waals surface area contributed by atoms with Gasteiger partial charge in [-0.2, -0.15) is 33.7 Å². The van der Waals surface area contributed by atoms with Crippen LogP contribution in [-0.4, -0.2) is 79.9 Å². The molecule has 0 aliphatic rings. The van der Waals surface area contributed by atoms with E-state index in [0.717, 1.165) is 35.4 Å². The van der Waals surface area contributed by atoms with Crippen LogP contribution in [0.15, 0.2) is 105 Å². The first-order chi connectivity index (χ1) is 22.2. The molecule has 4 rings (SSSR count). The largest absolute Gasteiger partial charge is 0.497 e. The minimum absolute atomic E-state index is 0.108. The van der Waals surface area contributed by atoms with E-state index in [1.54, 1.807) is 43.5 Å². The van der Waals surface area contributed by atoms with Crippen molar-refractivity contribution in [3.05, 3.63) is 90.5 Å². The molecule has 0 heterocycles. The van der Waals surface area contributed by atoms with Crippen molar-refractivity contribution >= 4 is 50.3 Å². The molecule has 16 nitrogen and oxygen atoms in total. The van der Waals surface area contributed by atoms with Crippen molar-refractivity contribution in [1.82, 2.24) is 0 Å². The molecule has 0 saturated heterocycles. The summed E-state index contributed by atoms with van der Waals surface area (Å²) in [5, 5.41) is 0. The lowest BCUT2D eigenvalue weighted by Crippen LogP contribution is -2.08. The summed E-state index contributed by atoms with van der Waals surface area (Å²) in [7, 11) is -19.9. The molecule has 0 spiro atoms. The average molecular weight is 783 g/mol. The number of aryl methyl sites for hydroxylation is 1. The second-order valence-electron chi connectivity index (χ2n) is 9.81. The Kier molecular flexibility index (Phi) is 13.2. The summed E-state index contributed by atoms with van der Waals surface area (Å²) < 4.78 is 156. The zero-order valence-electron chi connectivity index (χ0n) is 25.8. The maximum absolute atomic E-state index is 13.2. The molecule has 0 bridgehead atoms. The van der Waals surface area contributed by atoms with Gasteiger partial charge in [0.05, 0.1) is 34.3 Å². The number of hydrogen-bond acceptors (Lipinski definition) is 12. The van der Waals surface area contributed by atoms with E-state index in [-0.39, 0.29) is 17.1 Å². The third kappa shape index (κ3) is 13.5. The zero-order chi connectivity index (χ0) is 37.6. The predicted octanol–water partition coefficient (Wildman–Crippen LogP) is 3.80. The Balaban J connectivity index is 0.000000730. The average Bonchev–Trinajstić information content (AvgIpc) is 2.95. The van der Waals surface area contributed by atoms with Crippen LogP contribution >= 0.6 is 0 Å². The van der Waals surface area contributed by atoms with Crippen molar-refractivity contribution in [2.24, 2.45) is 0 Å². The molecule has 0 saturated carbocycles. The Bertz CT molecular complexity index is 2310. The van der Waals surface area contributed by atoms with E-state index in [0.29, 0.717) is 24.3 Å². The van der Waals surface area contributed by atoms with Gasteiger partial charge in [-0.1, -0.05) is 30.3 Å². The van der Waals surface area contributed by atoms with Gasteiger partial charge in [0.1, 0.15) is 22.1 Å². The lowest BCUT2D eigenvalue weighted by Gasteiger charge is -2.13. The van der Waals surface area contributed by atoms with Crippen LogP contribution in [0.3, 0.4) is 0 Å². The van der Waals surface area contributed by atoms with Crippen LogP contribution in [0.2, 0.25) is 0 Å². The first kappa shape index (κ1) is 41.2. The summed E-state index contributed by atoms with van der Waals surface area (Å²) in [5.41, 5.74) is 1.84. The fraction of sp³-hybridized carbons (Fsp3) is 0.143. The monoisotopic (exact) mass is 782 g/mol. The van der Waals surface area contributed by atoms with Gasteiger partial charge in [-0.15, -0.1) is 0 Å². The second-order valence-corrected chi connectivity index (χ2v) is 17.5. The highest BCUT2D eigenvalue weighted by molar-refractivity contribution is 7.91. The second kappa shape index (κ2) is 15.7. The summed E-state index contributed by atoms with van der Waals surface area (Å²) in [6.45, 7) is 1.37. The molecule has 4 aromatic rings. The Labute approximate surface area is 283 Å². The van der Waals surface area contributed by atoms with E-state index in [1.165, 1.54) is 13.0 Å². The van der Waals surface area contributed by atoms with Gasteiger partial charge in [0, 0.05) is 0 Å². The summed E-state index contributed by atoms with van der Waals surface area (Å²) in [4.78, 5) is -2.49. The Morgan fingerprint density at radius 2 is 0.878 bits per heavy atom. The highest BCUT2D eigenvalue weighted by Crippen LogP contribution is 2.34. The van der Waals surface area contributed by atoms with E-state index in [1.807, 2.05) is 12.1 Å². The number of methoxy groups -OCH3 is 1. The first-order valence-electron chi connectivity index (χ1n) is 12.9. The van der Waals surface area contributed by atoms with Crippen LogP contribution in [0.5, 0.6) is 17.2 Å². The van der Waals surface area contributed by atoms with Crippen LogP contribution in [0.25, 0.3) is 11.1 Å². The molecule has 21 heteroatoms. The van der Waals surface area contributed by atoms with Crippen molar-refractivity contribution in [3.8, 4) is 28.4 Å². The Hall–Kier alpha value is -3.93. The van der Waals surface area contributed by atoms with Gasteiger partial charge in [-0.25, -0.2) is 8.42 Å². The molecule has 0 radical (unpaired) electrons. The molecule has 0 unspecified atom stereocenters. The topological polar surface area (TPSA) is 270 Å². The molecule has 4 aromatic carbocycles. The summed E-state index contributed by atoms with van der Waals surface area (Å²) in [6.07, 6.45) is 1.43. The molecule has 0 aromatic heterocycles. The van der Waals surface area contributed by atoms with Gasteiger partial charge in [0.15, 0.2) is 0 Å². The maximum atomic E-state index is 13.2. The van der Waals surface area contributed by atoms with Crippen LogP contribution in [0.4, 0.5) is 0 Å². The fourth-order valence-corrected chi connectivity index (χ4v) is 6.58. The van der Waals surface area contributed by atoms with Gasteiger partial charge in [-0.05, 0) is 78.2 Å². The number of rotatable bonds is 8. The Morgan fingerprint density at radius 3 is 1.27 bits per heavy atom. The number of ether oxygens (including phenoxy) is 2. The number of sulfone groups is 1. The van der Waals surface area contributed by atoms with E-state index in [2.05, 4.69) is 0 Å². The molecule has 0 aliphatic heterocycles. The third-order valence-corrected chi connectivity index (χ3v) is 9.38. The molecule has 0 fully saturated rings. The third-order valence-electron chi connectivity index (χ3n) is 5.76. The van der Waals surface area contributed by atoms with Crippen LogP contribution < -0.4 is 9.47 Å². The van der Waals surface area contributed by atoms with E-state index >= 15 is 0 Å². The highest BCUT2D eigenvalue weighted by Gasteiger charge is 2.26. The normalized spacial score (nSPS) is 12.1. The predicted molar refractivity (Wildman–Crippen MR) is 176 cm³/mol. The minimum atomic E-state index is -4.95. The van der Waals surface area contributed by atoms with Gasteiger partial charge in [0.2, 0.25) is 9.84 Å². The smallest absolute Gasteiger partial charge is 0.298 e. The number of hydrogen-bond donors (Lipinski definition) is 4. The van der Waals surface area contributed by atoms with E-state index < -0.39 is 69.9 Å². The van der Waals surface area contributed by atoms with Gasteiger partial charge < -0.3 is 9.47 Å². The summed E-state index contributed by atoms with van der Waals surface area (Å²) in [6, 6.07) is 19.8. The highest BCUT2D eigenvalue weighted by atomic mass is 32.2. The van der Waals surface area contributed by atoms with E-state index in [9.17, 15) is 51.2 Å². The van der Waals surface area contributed by atoms with Crippen LogP contribution in [-0.2, 0) is 50.3 Å². The summed E-state index contributed by atoms with van der Waals surface area (Å²) in [5.74, 6) is 0.573. The van der Waals surface area contributed by atoms with Gasteiger partial charge >= 0.3 is 0 Å². The van der Waals surface area contributed by atoms with Gasteiger partial charge in [0.25, 0.3) is 40.5 Å². The van der Waals surface area contributed by atoms with Crippen molar-refractivity contribution in [2.45, 2.75) is 26.5 Å². The van der Waals surface area contributed by atoms with Crippen molar-refractivity contribution in [1.29, 1.82) is 0 Å². The SMILES string of the molecule is COc1ccc(-c2ccc(Oc3ccc(S(=O)(=O)c4ccc(C)c(S(=O)(=O)O)c4)cc3S(=O)(=O)O)cc2)cc1.CS(=O)(=O)O.CS(=O)(=O)O. The zero-order valence-corrected chi connectivity index (χ0v) is 29.9. The van der Waals surface area contributed by atoms with Crippen molar-refractivity contribution < 1.29 is 69.8 Å². The molecular formula is C28H30O16S5. The molecule has 268 valence electrons. The lowest BCUT2D eigenvalue weighted by molar-refractivity contribution is 0.415. The molecule has 0 aliphatic carbocycles. The molecular weight excluding hydrogens is 753 g/mol. The number of benzene rings is 4. The molecule has 49 heavy (non-hydrogen) atoms. The van der Waals surface area contributed by atoms with Crippen LogP contribution in [0.1, 0.15) is 5.56 Å². The fourth-order valence-electron chi connectivity index (χ4n) is 3.73. The van der Waals surface area contributed by atoms with E-state index in [4.69, 9.17) is 18.6 Å². The molecule has 0 atom stereocenters. The molecule has 0 amide bonds. The lowest BCUT2D eigenvalue weighted by atomic mass is 10.1. The first-order valence-corrected chi connectivity index (χ1v) is 21.0. The maximum Gasteiger partial charge on any atom is 0.298 e. The van der Waals surface area contributed by atoms with Crippen molar-refractivity contribution in [2.75, 3.05) is 19.6 Å².